The molecule has 260 valence electrons. The number of phenols is 1. The van der Waals surface area contributed by atoms with Gasteiger partial charge in [0.2, 0.25) is 11.8 Å². The number of amides is 2. The number of nitro benzene ring substituents is 1. The van der Waals surface area contributed by atoms with E-state index < -0.39 is 51.7 Å². The van der Waals surface area contributed by atoms with Crippen LogP contribution in [0.4, 0.5) is 11.4 Å². The van der Waals surface area contributed by atoms with Gasteiger partial charge in [-0.3, -0.25) is 29.3 Å². The maximum Gasteiger partial charge on any atom is 0.271 e. The first-order valence-electron chi connectivity index (χ1n) is 17.7. The highest BCUT2D eigenvalue weighted by Crippen LogP contribution is 2.65. The zero-order valence-corrected chi connectivity index (χ0v) is 28.3. The minimum atomic E-state index is -1.50. The highest BCUT2D eigenvalue weighted by molar-refractivity contribution is 6.32. The number of hydrogen-bond donors (Lipinski definition) is 1. The Hall–Kier alpha value is -6.48. The first kappa shape index (κ1) is 32.4. The monoisotopic (exact) mass is 700 g/mol. The third-order valence-corrected chi connectivity index (χ3v) is 11.9. The Labute approximate surface area is 304 Å². The number of ketones is 2. The number of anilines is 1. The Morgan fingerprint density at radius 3 is 2.25 bits per heavy atom. The van der Waals surface area contributed by atoms with Gasteiger partial charge in [0.05, 0.1) is 27.9 Å². The van der Waals surface area contributed by atoms with Gasteiger partial charge in [0.1, 0.15) is 5.75 Å². The molecule has 6 atom stereocenters. The molecular formula is C44H32N2O7. The standard InChI is InChI=1S/C44H32N2O7/c47-36-21-18-26-12-7-8-17-30(26)39(36)40-31-19-20-32-38(43(51)45(42(32)50)28-15-9-16-29(22-28)46(52)53)34(31)23-35-41(49)33(25-10-3-1-4-11-25)24-37(48)44(35,40)27-13-5-2-6-14-27/h1-19,21-22,24,32,34-35,38,40,47H,20,23H2/t32-,34+,35-,38-,40+,44-/m0/s1. The number of phenolic OH excluding ortho intramolecular Hbond substituents is 1. The van der Waals surface area contributed by atoms with Crippen molar-refractivity contribution in [2.75, 3.05) is 4.90 Å². The number of benzene rings is 5. The van der Waals surface area contributed by atoms with E-state index in [1.807, 2.05) is 84.9 Å². The van der Waals surface area contributed by atoms with Crippen molar-refractivity contribution in [1.29, 1.82) is 0 Å². The number of aromatic hydroxyl groups is 1. The Morgan fingerprint density at radius 1 is 0.774 bits per heavy atom. The average Bonchev–Trinajstić information content (AvgIpc) is 3.45. The molecule has 9 nitrogen and oxygen atoms in total. The van der Waals surface area contributed by atoms with Gasteiger partial charge in [0.25, 0.3) is 5.69 Å². The molecule has 5 aromatic carbocycles. The fourth-order valence-electron chi connectivity index (χ4n) is 9.78. The summed E-state index contributed by atoms with van der Waals surface area (Å²) in [5.74, 6) is -5.74. The van der Waals surface area contributed by atoms with Gasteiger partial charge in [-0.1, -0.05) is 109 Å². The largest absolute Gasteiger partial charge is 0.508 e. The fourth-order valence-corrected chi connectivity index (χ4v) is 9.78. The third kappa shape index (κ3) is 4.63. The molecule has 1 aliphatic heterocycles. The van der Waals surface area contributed by atoms with E-state index in [0.29, 0.717) is 22.1 Å². The third-order valence-electron chi connectivity index (χ3n) is 11.9. The summed E-state index contributed by atoms with van der Waals surface area (Å²) in [5, 5.41) is 25.1. The van der Waals surface area contributed by atoms with Crippen molar-refractivity contribution in [1.82, 2.24) is 0 Å². The van der Waals surface area contributed by atoms with Gasteiger partial charge in [-0.15, -0.1) is 0 Å². The van der Waals surface area contributed by atoms with Crippen LogP contribution < -0.4 is 4.90 Å². The minimum Gasteiger partial charge on any atom is -0.508 e. The van der Waals surface area contributed by atoms with Crippen molar-refractivity contribution in [2.24, 2.45) is 23.7 Å². The number of carbonyl (C=O) groups excluding carboxylic acids is 4. The number of allylic oxidation sites excluding steroid dienone is 4. The van der Waals surface area contributed by atoms with Crippen LogP contribution in [0, 0.1) is 33.8 Å². The van der Waals surface area contributed by atoms with Crippen LogP contribution in [-0.4, -0.2) is 33.4 Å². The number of nitro groups is 1. The summed E-state index contributed by atoms with van der Waals surface area (Å²) in [5.41, 5.74) is 1.07. The second-order valence-corrected chi connectivity index (χ2v) is 14.3. The molecule has 1 saturated carbocycles. The molecule has 2 amide bonds. The molecule has 1 heterocycles. The Morgan fingerprint density at radius 2 is 1.49 bits per heavy atom. The van der Waals surface area contributed by atoms with Crippen molar-refractivity contribution in [3.63, 3.8) is 0 Å². The van der Waals surface area contributed by atoms with E-state index in [2.05, 4.69) is 0 Å². The number of imide groups is 1. The Bertz CT molecular complexity index is 2470. The molecular weight excluding hydrogens is 668 g/mol. The molecule has 3 aliphatic carbocycles. The number of non-ortho nitro benzene ring substituents is 1. The van der Waals surface area contributed by atoms with Crippen molar-refractivity contribution in [2.45, 2.75) is 24.2 Å². The van der Waals surface area contributed by atoms with Crippen molar-refractivity contribution >= 4 is 51.1 Å². The van der Waals surface area contributed by atoms with E-state index in [4.69, 9.17) is 0 Å². The minimum absolute atomic E-state index is 0.0449. The summed E-state index contributed by atoms with van der Waals surface area (Å²) < 4.78 is 0. The highest BCUT2D eigenvalue weighted by atomic mass is 16.6. The van der Waals surface area contributed by atoms with Crippen LogP contribution in [0.3, 0.4) is 0 Å². The van der Waals surface area contributed by atoms with Crippen molar-refractivity contribution < 1.29 is 29.2 Å². The van der Waals surface area contributed by atoms with E-state index in [-0.39, 0.29) is 47.1 Å². The van der Waals surface area contributed by atoms with Crippen LogP contribution in [0.25, 0.3) is 16.3 Å². The van der Waals surface area contributed by atoms with Crippen LogP contribution in [0.1, 0.15) is 35.4 Å². The quantitative estimate of drug-likeness (QED) is 0.0869. The summed E-state index contributed by atoms with van der Waals surface area (Å²) in [6, 6.07) is 34.7. The van der Waals surface area contributed by atoms with Gasteiger partial charge in [-0.25, -0.2) is 4.90 Å². The van der Waals surface area contributed by atoms with Gasteiger partial charge >= 0.3 is 0 Å². The van der Waals surface area contributed by atoms with Crippen molar-refractivity contribution in [3.05, 3.63) is 166 Å². The molecule has 0 radical (unpaired) electrons. The summed E-state index contributed by atoms with van der Waals surface area (Å²) in [7, 11) is 0. The number of fused-ring (bicyclic) bond motifs is 5. The Balaban J connectivity index is 1.30. The molecule has 0 unspecified atom stereocenters. The lowest BCUT2D eigenvalue weighted by Gasteiger charge is -2.55. The van der Waals surface area contributed by atoms with Gasteiger partial charge < -0.3 is 5.11 Å². The smallest absolute Gasteiger partial charge is 0.271 e. The number of hydrogen-bond acceptors (Lipinski definition) is 7. The second kappa shape index (κ2) is 12.1. The van der Waals surface area contributed by atoms with Crippen LogP contribution >= 0.6 is 0 Å². The maximum absolute atomic E-state index is 15.3. The van der Waals surface area contributed by atoms with Crippen molar-refractivity contribution in [3.8, 4) is 5.75 Å². The van der Waals surface area contributed by atoms with E-state index in [9.17, 15) is 24.8 Å². The lowest BCUT2D eigenvalue weighted by atomic mass is 9.44. The number of carbonyl (C=O) groups is 4. The topological polar surface area (TPSA) is 135 Å². The van der Waals surface area contributed by atoms with Crippen LogP contribution in [0.5, 0.6) is 5.75 Å². The lowest BCUT2D eigenvalue weighted by Crippen LogP contribution is -2.58. The number of nitrogens with zero attached hydrogens (tertiary/aromatic N) is 2. The van der Waals surface area contributed by atoms with Crippen LogP contribution in [0.15, 0.2) is 139 Å². The number of Topliss-reactive ketones (excluding diaryl/α,β-unsaturated/α-hetero) is 1. The van der Waals surface area contributed by atoms with Gasteiger partial charge in [0, 0.05) is 35.1 Å². The number of rotatable bonds is 5. The van der Waals surface area contributed by atoms with E-state index >= 15 is 9.59 Å². The van der Waals surface area contributed by atoms with Crippen LogP contribution in [-0.2, 0) is 24.6 Å². The van der Waals surface area contributed by atoms with E-state index in [1.54, 1.807) is 18.2 Å². The summed E-state index contributed by atoms with van der Waals surface area (Å²) in [6.45, 7) is 0. The average molecular weight is 701 g/mol. The van der Waals surface area contributed by atoms with Gasteiger partial charge in [0.15, 0.2) is 11.6 Å². The molecule has 53 heavy (non-hydrogen) atoms. The van der Waals surface area contributed by atoms with E-state index in [1.165, 1.54) is 30.3 Å². The molecule has 0 bridgehead atoms. The first-order valence-corrected chi connectivity index (χ1v) is 17.7. The fraction of sp³-hybridized carbons (Fsp3) is 0.182. The molecule has 1 saturated heterocycles. The lowest BCUT2D eigenvalue weighted by molar-refractivity contribution is -0.384. The molecule has 1 N–H and O–H groups in total. The zero-order chi connectivity index (χ0) is 36.6. The molecule has 9 heteroatoms. The highest BCUT2D eigenvalue weighted by Gasteiger charge is 2.66. The molecule has 0 aromatic heterocycles. The normalized spacial score (nSPS) is 26.4. The second-order valence-electron chi connectivity index (χ2n) is 14.3. The molecule has 9 rings (SSSR count). The maximum atomic E-state index is 15.3. The zero-order valence-electron chi connectivity index (χ0n) is 28.3. The SMILES string of the molecule is O=C1C(c2ccccc2)=CC(=O)[C@@]2(c3ccccc3)[C@@H](c3c(O)ccc4ccccc34)C3=CC[C@@H]4C(=O)N(c5cccc([N+](=O)[O-])c5)C(=O)[C@@H]4[C@@H]3C[C@@H]12. The molecule has 4 aliphatic rings. The molecule has 0 spiro atoms. The summed E-state index contributed by atoms with van der Waals surface area (Å²) in [6.07, 6.45) is 3.67. The predicted octanol–water partition coefficient (Wildman–Crippen LogP) is 7.48. The molecule has 5 aromatic rings. The van der Waals surface area contributed by atoms with E-state index in [0.717, 1.165) is 15.9 Å². The molecule has 2 fully saturated rings. The summed E-state index contributed by atoms with van der Waals surface area (Å²) in [4.78, 5) is 71.4. The van der Waals surface area contributed by atoms with Gasteiger partial charge in [-0.2, -0.15) is 0 Å². The predicted molar refractivity (Wildman–Crippen MR) is 198 cm³/mol. The van der Waals surface area contributed by atoms with Crippen LogP contribution in [0.2, 0.25) is 0 Å². The first-order chi connectivity index (χ1) is 25.7. The Kier molecular flexibility index (Phi) is 7.37. The summed E-state index contributed by atoms with van der Waals surface area (Å²) >= 11 is 0. The van der Waals surface area contributed by atoms with Gasteiger partial charge in [-0.05, 0) is 58.9 Å².